The Bertz CT molecular complexity index is 191. The fourth-order valence-electron chi connectivity index (χ4n) is 1.51. The van der Waals surface area contributed by atoms with Gasteiger partial charge in [-0.3, -0.25) is 0 Å². The van der Waals surface area contributed by atoms with Gasteiger partial charge in [-0.1, -0.05) is 0 Å². The Hall–Kier alpha value is -0.810. The monoisotopic (exact) mass is 215 g/mol. The van der Waals surface area contributed by atoms with Gasteiger partial charge in [0.2, 0.25) is 0 Å². The molecule has 0 radical (unpaired) electrons. The van der Waals surface area contributed by atoms with E-state index in [-0.39, 0.29) is 6.03 Å². The Morgan fingerprint density at radius 2 is 2.00 bits per heavy atom. The maximum Gasteiger partial charge on any atom is 0.316 e. The molecule has 0 aromatic rings. The van der Waals surface area contributed by atoms with Crippen LogP contribution in [0.2, 0.25) is 0 Å². The zero-order chi connectivity index (χ0) is 11.1. The number of hydrogen-bond donors (Lipinski definition) is 2. The van der Waals surface area contributed by atoms with E-state index in [2.05, 4.69) is 10.6 Å². The molecule has 88 valence electrons. The third-order valence-electron chi connectivity index (χ3n) is 2.46. The molecular weight excluding hydrogens is 194 g/mol. The van der Waals surface area contributed by atoms with Gasteiger partial charge in [0.05, 0.1) is 0 Å². The van der Waals surface area contributed by atoms with E-state index in [0.717, 1.165) is 32.6 Å². The summed E-state index contributed by atoms with van der Waals surface area (Å²) in [5.74, 6) is 0. The van der Waals surface area contributed by atoms with E-state index in [0.29, 0.717) is 12.6 Å². The molecule has 1 fully saturated rings. The number of urea groups is 1. The van der Waals surface area contributed by atoms with Crippen LogP contribution in [0.5, 0.6) is 0 Å². The minimum atomic E-state index is -0.0382. The van der Waals surface area contributed by atoms with Gasteiger partial charge in [-0.25, -0.2) is 4.79 Å². The largest absolute Gasteiger partial charge is 0.381 e. The maximum atomic E-state index is 11.2. The van der Waals surface area contributed by atoms with E-state index in [1.54, 1.807) is 14.1 Å². The topological polar surface area (TPSA) is 53.6 Å². The fraction of sp³-hybridized carbons (Fsp3) is 0.900. The zero-order valence-electron chi connectivity index (χ0n) is 9.58. The molecule has 0 bridgehead atoms. The van der Waals surface area contributed by atoms with Crippen molar-refractivity contribution in [2.75, 3.05) is 40.4 Å². The summed E-state index contributed by atoms with van der Waals surface area (Å²) in [6, 6.07) is 0.513. The first kappa shape index (κ1) is 12.3. The Balaban J connectivity index is 1.98. The normalized spacial score (nSPS) is 17.5. The van der Waals surface area contributed by atoms with Crippen molar-refractivity contribution in [3.05, 3.63) is 0 Å². The Morgan fingerprint density at radius 3 is 2.60 bits per heavy atom. The van der Waals surface area contributed by atoms with Gasteiger partial charge in [0.15, 0.2) is 0 Å². The number of nitrogens with zero attached hydrogens (tertiary/aromatic N) is 1. The summed E-state index contributed by atoms with van der Waals surface area (Å²) in [5, 5.41) is 6.22. The van der Waals surface area contributed by atoms with Gasteiger partial charge in [-0.05, 0) is 12.8 Å². The van der Waals surface area contributed by atoms with Crippen LogP contribution in [0.1, 0.15) is 12.8 Å². The minimum Gasteiger partial charge on any atom is -0.381 e. The lowest BCUT2D eigenvalue weighted by molar-refractivity contribution is 0.0782. The summed E-state index contributed by atoms with van der Waals surface area (Å²) >= 11 is 0. The molecule has 1 rings (SSSR count). The molecule has 0 aromatic carbocycles. The maximum absolute atomic E-state index is 11.2. The molecule has 2 amide bonds. The minimum absolute atomic E-state index is 0.0382. The molecule has 0 atom stereocenters. The molecule has 0 aromatic heterocycles. The van der Waals surface area contributed by atoms with Crippen LogP contribution in [0.4, 0.5) is 4.79 Å². The molecular formula is C10H21N3O2. The van der Waals surface area contributed by atoms with Gasteiger partial charge in [0, 0.05) is 46.4 Å². The standard InChI is InChI=1S/C10H21N3O2/c1-13(2)10(14)12-6-5-11-9-3-7-15-8-4-9/h9,11H,3-8H2,1-2H3,(H,12,14). The fourth-order valence-corrected chi connectivity index (χ4v) is 1.51. The summed E-state index contributed by atoms with van der Waals surface area (Å²) in [4.78, 5) is 12.7. The highest BCUT2D eigenvalue weighted by Crippen LogP contribution is 2.05. The number of ether oxygens (including phenoxy) is 1. The molecule has 1 aliphatic heterocycles. The van der Waals surface area contributed by atoms with E-state index >= 15 is 0 Å². The van der Waals surface area contributed by atoms with Crippen molar-refractivity contribution < 1.29 is 9.53 Å². The quantitative estimate of drug-likeness (QED) is 0.650. The summed E-state index contributed by atoms with van der Waals surface area (Å²) in [6.45, 7) is 3.20. The summed E-state index contributed by atoms with van der Waals surface area (Å²) < 4.78 is 5.26. The highest BCUT2D eigenvalue weighted by Gasteiger charge is 2.12. The van der Waals surface area contributed by atoms with Crippen LogP contribution in [-0.4, -0.2) is 57.4 Å². The molecule has 0 unspecified atom stereocenters. The SMILES string of the molecule is CN(C)C(=O)NCCNC1CCOCC1. The van der Waals surface area contributed by atoms with Crippen LogP contribution < -0.4 is 10.6 Å². The van der Waals surface area contributed by atoms with Crippen LogP contribution in [-0.2, 0) is 4.74 Å². The molecule has 0 spiro atoms. The van der Waals surface area contributed by atoms with Crippen LogP contribution in [0.3, 0.4) is 0 Å². The van der Waals surface area contributed by atoms with Gasteiger partial charge in [0.1, 0.15) is 0 Å². The second kappa shape index (κ2) is 6.63. The average molecular weight is 215 g/mol. The van der Waals surface area contributed by atoms with Gasteiger partial charge in [-0.2, -0.15) is 0 Å². The molecule has 15 heavy (non-hydrogen) atoms. The summed E-state index contributed by atoms with van der Waals surface area (Å²) in [5.41, 5.74) is 0. The van der Waals surface area contributed by atoms with Crippen molar-refractivity contribution in [1.82, 2.24) is 15.5 Å². The molecule has 1 heterocycles. The lowest BCUT2D eigenvalue weighted by Gasteiger charge is -2.23. The number of carbonyl (C=O) groups is 1. The average Bonchev–Trinajstić information content (AvgIpc) is 2.25. The van der Waals surface area contributed by atoms with Crippen LogP contribution in [0.25, 0.3) is 0 Å². The molecule has 5 nitrogen and oxygen atoms in total. The smallest absolute Gasteiger partial charge is 0.316 e. The predicted molar refractivity (Wildman–Crippen MR) is 58.9 cm³/mol. The van der Waals surface area contributed by atoms with Crippen molar-refractivity contribution in [1.29, 1.82) is 0 Å². The molecule has 1 saturated heterocycles. The second-order valence-corrected chi connectivity index (χ2v) is 3.97. The van der Waals surface area contributed by atoms with E-state index < -0.39 is 0 Å². The predicted octanol–water partition coefficient (Wildman–Crippen LogP) is 0.0262. The lowest BCUT2D eigenvalue weighted by Crippen LogP contribution is -2.42. The van der Waals surface area contributed by atoms with Gasteiger partial charge in [0.25, 0.3) is 0 Å². The van der Waals surface area contributed by atoms with Crippen LogP contribution in [0.15, 0.2) is 0 Å². The molecule has 1 aliphatic rings. The second-order valence-electron chi connectivity index (χ2n) is 3.97. The van der Waals surface area contributed by atoms with E-state index in [1.807, 2.05) is 0 Å². The van der Waals surface area contributed by atoms with E-state index in [1.165, 1.54) is 4.90 Å². The molecule has 0 aliphatic carbocycles. The zero-order valence-corrected chi connectivity index (χ0v) is 9.58. The first-order chi connectivity index (χ1) is 7.20. The van der Waals surface area contributed by atoms with E-state index in [4.69, 9.17) is 4.74 Å². The third kappa shape index (κ3) is 4.99. The highest BCUT2D eigenvalue weighted by molar-refractivity contribution is 5.73. The summed E-state index contributed by atoms with van der Waals surface area (Å²) in [7, 11) is 3.47. The first-order valence-corrected chi connectivity index (χ1v) is 5.46. The number of nitrogens with one attached hydrogen (secondary N) is 2. The number of amides is 2. The number of carbonyl (C=O) groups excluding carboxylic acids is 1. The van der Waals surface area contributed by atoms with Crippen LogP contribution >= 0.6 is 0 Å². The van der Waals surface area contributed by atoms with Gasteiger partial charge < -0.3 is 20.3 Å². The van der Waals surface area contributed by atoms with Crippen molar-refractivity contribution in [2.45, 2.75) is 18.9 Å². The van der Waals surface area contributed by atoms with E-state index in [9.17, 15) is 4.79 Å². The molecule has 0 saturated carbocycles. The molecule has 5 heteroatoms. The van der Waals surface area contributed by atoms with Crippen molar-refractivity contribution in [2.24, 2.45) is 0 Å². The highest BCUT2D eigenvalue weighted by atomic mass is 16.5. The van der Waals surface area contributed by atoms with Gasteiger partial charge >= 0.3 is 6.03 Å². The lowest BCUT2D eigenvalue weighted by atomic mass is 10.1. The molecule has 2 N–H and O–H groups in total. The number of hydrogen-bond acceptors (Lipinski definition) is 3. The van der Waals surface area contributed by atoms with Gasteiger partial charge in [-0.15, -0.1) is 0 Å². The summed E-state index contributed by atoms with van der Waals surface area (Å²) in [6.07, 6.45) is 2.14. The van der Waals surface area contributed by atoms with Crippen molar-refractivity contribution in [3.63, 3.8) is 0 Å². The number of rotatable bonds is 4. The Labute approximate surface area is 91.2 Å². The van der Waals surface area contributed by atoms with Crippen molar-refractivity contribution >= 4 is 6.03 Å². The van der Waals surface area contributed by atoms with Crippen molar-refractivity contribution in [3.8, 4) is 0 Å². The Kier molecular flexibility index (Phi) is 5.42. The van der Waals surface area contributed by atoms with Crippen LogP contribution in [0, 0.1) is 0 Å². The Morgan fingerprint density at radius 1 is 1.33 bits per heavy atom. The third-order valence-corrected chi connectivity index (χ3v) is 2.46. The first-order valence-electron chi connectivity index (χ1n) is 5.46.